The third-order valence-corrected chi connectivity index (χ3v) is 3.47. The van der Waals surface area contributed by atoms with Crippen LogP contribution >= 0.6 is 22.9 Å². The van der Waals surface area contributed by atoms with Crippen molar-refractivity contribution >= 4 is 22.9 Å². The van der Waals surface area contributed by atoms with E-state index in [0.29, 0.717) is 0 Å². The van der Waals surface area contributed by atoms with Crippen LogP contribution in [0.15, 0.2) is 0 Å². The topological polar surface area (TPSA) is 15.3 Å². The summed E-state index contributed by atoms with van der Waals surface area (Å²) in [6.45, 7) is 3.78. The summed E-state index contributed by atoms with van der Waals surface area (Å²) >= 11 is 2.42. The predicted molar refractivity (Wildman–Crippen MR) is 45.5 cm³/mol. The number of rotatable bonds is 0. The Morgan fingerprint density at radius 3 is 3.00 bits per heavy atom. The Kier molecular flexibility index (Phi) is 1.67. The van der Waals surface area contributed by atoms with Crippen LogP contribution in [-0.4, -0.2) is 28.8 Å². The predicted octanol–water partition coefficient (Wildman–Crippen LogP) is 0.630. The standard InChI is InChI=1S/C6H11IN2/c7-9-4-5-1-2-8-3-6(5)9/h5-6,8H,1-4H2. The first-order valence-electron chi connectivity index (χ1n) is 3.51. The number of piperidine rings is 1. The van der Waals surface area contributed by atoms with E-state index >= 15 is 0 Å². The molecule has 0 aromatic heterocycles. The van der Waals surface area contributed by atoms with Gasteiger partial charge in [-0.2, -0.15) is 0 Å². The molecule has 2 rings (SSSR count). The normalized spacial score (nSPS) is 43.7. The Balaban J connectivity index is 1.94. The Hall–Kier alpha value is 0.650. The van der Waals surface area contributed by atoms with Crippen LogP contribution in [0.25, 0.3) is 0 Å². The quantitative estimate of drug-likeness (QED) is 0.492. The Morgan fingerprint density at radius 1 is 1.56 bits per heavy atom. The zero-order valence-corrected chi connectivity index (χ0v) is 7.47. The Bertz CT molecular complexity index is 116. The molecule has 2 saturated heterocycles. The van der Waals surface area contributed by atoms with Crippen molar-refractivity contribution in [3.63, 3.8) is 0 Å². The second-order valence-electron chi connectivity index (χ2n) is 2.90. The summed E-state index contributed by atoms with van der Waals surface area (Å²) in [6, 6.07) is 0.861. The summed E-state index contributed by atoms with van der Waals surface area (Å²) in [5.74, 6) is 1.02. The number of halogens is 1. The van der Waals surface area contributed by atoms with Gasteiger partial charge in [-0.1, -0.05) is 0 Å². The number of nitrogens with zero attached hydrogens (tertiary/aromatic N) is 1. The summed E-state index contributed by atoms with van der Waals surface area (Å²) in [4.78, 5) is 0. The van der Waals surface area contributed by atoms with Crippen LogP contribution in [0.4, 0.5) is 0 Å². The fraction of sp³-hybridized carbons (Fsp3) is 1.00. The summed E-state index contributed by atoms with van der Waals surface area (Å²) in [5.41, 5.74) is 0. The average molecular weight is 238 g/mol. The third kappa shape index (κ3) is 0.991. The maximum absolute atomic E-state index is 3.40. The molecule has 2 aliphatic heterocycles. The minimum Gasteiger partial charge on any atom is -0.315 e. The molecule has 0 saturated carbocycles. The Labute approximate surface area is 69.5 Å². The molecule has 0 radical (unpaired) electrons. The lowest BCUT2D eigenvalue weighted by molar-refractivity contribution is 0.0999. The van der Waals surface area contributed by atoms with E-state index in [9.17, 15) is 0 Å². The molecule has 52 valence electrons. The van der Waals surface area contributed by atoms with Gasteiger partial charge >= 0.3 is 0 Å². The summed E-state index contributed by atoms with van der Waals surface area (Å²) < 4.78 is 2.41. The highest BCUT2D eigenvalue weighted by Crippen LogP contribution is 2.31. The van der Waals surface area contributed by atoms with Gasteiger partial charge in [0.05, 0.1) is 0 Å². The molecule has 0 amide bonds. The van der Waals surface area contributed by atoms with Crippen molar-refractivity contribution < 1.29 is 0 Å². The molecule has 0 bridgehead atoms. The fourth-order valence-electron chi connectivity index (χ4n) is 1.66. The van der Waals surface area contributed by atoms with E-state index in [-0.39, 0.29) is 0 Å². The summed E-state index contributed by atoms with van der Waals surface area (Å²) in [5, 5.41) is 3.40. The Morgan fingerprint density at radius 2 is 2.44 bits per heavy atom. The van der Waals surface area contributed by atoms with Crippen molar-refractivity contribution in [3.8, 4) is 0 Å². The highest BCUT2D eigenvalue weighted by atomic mass is 127. The number of fused-ring (bicyclic) bond motifs is 1. The van der Waals surface area contributed by atoms with E-state index in [1.54, 1.807) is 0 Å². The summed E-state index contributed by atoms with van der Waals surface area (Å²) in [6.07, 6.45) is 1.39. The fourth-order valence-corrected chi connectivity index (χ4v) is 2.82. The minimum atomic E-state index is 0.861. The molecule has 2 unspecified atom stereocenters. The smallest absolute Gasteiger partial charge is 0.0360 e. The van der Waals surface area contributed by atoms with Crippen LogP contribution in [0.1, 0.15) is 6.42 Å². The molecule has 2 atom stereocenters. The zero-order chi connectivity index (χ0) is 6.27. The molecule has 1 N–H and O–H groups in total. The van der Waals surface area contributed by atoms with Gasteiger partial charge in [0.2, 0.25) is 0 Å². The van der Waals surface area contributed by atoms with Gasteiger partial charge < -0.3 is 5.32 Å². The lowest BCUT2D eigenvalue weighted by Gasteiger charge is -2.47. The van der Waals surface area contributed by atoms with E-state index in [0.717, 1.165) is 12.0 Å². The van der Waals surface area contributed by atoms with Crippen LogP contribution in [0.5, 0.6) is 0 Å². The molecule has 9 heavy (non-hydrogen) atoms. The van der Waals surface area contributed by atoms with E-state index in [1.165, 1.54) is 26.1 Å². The minimum absolute atomic E-state index is 0.861. The van der Waals surface area contributed by atoms with Gasteiger partial charge in [-0.05, 0) is 18.9 Å². The van der Waals surface area contributed by atoms with Crippen molar-refractivity contribution in [1.29, 1.82) is 0 Å². The number of hydrogen-bond acceptors (Lipinski definition) is 2. The first-order valence-corrected chi connectivity index (χ1v) is 4.47. The van der Waals surface area contributed by atoms with E-state index < -0.39 is 0 Å². The van der Waals surface area contributed by atoms with Crippen molar-refractivity contribution in [2.75, 3.05) is 19.6 Å². The van der Waals surface area contributed by atoms with Gasteiger partial charge in [-0.3, -0.25) is 0 Å². The van der Waals surface area contributed by atoms with Crippen molar-refractivity contribution in [1.82, 2.24) is 8.43 Å². The molecule has 2 heterocycles. The van der Waals surface area contributed by atoms with E-state index in [1.807, 2.05) is 0 Å². The van der Waals surface area contributed by atoms with Gasteiger partial charge in [-0.15, -0.1) is 0 Å². The lowest BCUT2D eigenvalue weighted by Crippen LogP contribution is -2.59. The van der Waals surface area contributed by atoms with Crippen LogP contribution in [0.3, 0.4) is 0 Å². The first kappa shape index (κ1) is 6.37. The van der Waals surface area contributed by atoms with Crippen LogP contribution < -0.4 is 5.32 Å². The second-order valence-corrected chi connectivity index (χ2v) is 4.14. The lowest BCUT2D eigenvalue weighted by atomic mass is 9.86. The molecule has 0 aromatic rings. The van der Waals surface area contributed by atoms with Crippen molar-refractivity contribution in [2.45, 2.75) is 12.5 Å². The van der Waals surface area contributed by atoms with E-state index in [2.05, 4.69) is 31.3 Å². The molecular formula is C6H11IN2. The van der Waals surface area contributed by atoms with Gasteiger partial charge in [0.25, 0.3) is 0 Å². The monoisotopic (exact) mass is 238 g/mol. The summed E-state index contributed by atoms with van der Waals surface area (Å²) in [7, 11) is 0. The van der Waals surface area contributed by atoms with Gasteiger partial charge in [-0.25, -0.2) is 3.11 Å². The zero-order valence-electron chi connectivity index (χ0n) is 5.31. The molecule has 0 aliphatic carbocycles. The molecule has 0 aromatic carbocycles. The third-order valence-electron chi connectivity index (χ3n) is 2.36. The molecular weight excluding hydrogens is 227 g/mol. The van der Waals surface area contributed by atoms with Crippen LogP contribution in [0.2, 0.25) is 0 Å². The first-order chi connectivity index (χ1) is 4.38. The van der Waals surface area contributed by atoms with Gasteiger partial charge in [0.1, 0.15) is 0 Å². The van der Waals surface area contributed by atoms with Crippen molar-refractivity contribution in [3.05, 3.63) is 0 Å². The van der Waals surface area contributed by atoms with Gasteiger partial charge in [0, 0.05) is 42.0 Å². The van der Waals surface area contributed by atoms with E-state index in [4.69, 9.17) is 0 Å². The molecule has 3 heteroatoms. The molecule has 0 spiro atoms. The number of hydrogen-bond donors (Lipinski definition) is 1. The second kappa shape index (κ2) is 2.36. The highest BCUT2D eigenvalue weighted by Gasteiger charge is 2.38. The average Bonchev–Trinajstić information content (AvgIpc) is 1.86. The maximum atomic E-state index is 3.40. The maximum Gasteiger partial charge on any atom is 0.0360 e. The molecule has 2 fully saturated rings. The molecule has 2 nitrogen and oxygen atoms in total. The van der Waals surface area contributed by atoms with Crippen LogP contribution in [0, 0.1) is 5.92 Å². The van der Waals surface area contributed by atoms with Crippen LogP contribution in [-0.2, 0) is 0 Å². The van der Waals surface area contributed by atoms with Gasteiger partial charge in [0.15, 0.2) is 0 Å². The SMILES string of the molecule is IN1CC2CCNCC21. The number of nitrogens with one attached hydrogen (secondary N) is 1. The van der Waals surface area contributed by atoms with Crippen molar-refractivity contribution in [2.24, 2.45) is 5.92 Å². The molecule has 2 aliphatic rings. The largest absolute Gasteiger partial charge is 0.315 e. The highest BCUT2D eigenvalue weighted by molar-refractivity contribution is 14.1.